The van der Waals surface area contributed by atoms with Gasteiger partial charge in [0.1, 0.15) is 5.69 Å². The molecule has 0 aromatic carbocycles. The van der Waals surface area contributed by atoms with Gasteiger partial charge in [-0.15, -0.1) is 0 Å². The van der Waals surface area contributed by atoms with Crippen LogP contribution in [0, 0.1) is 18.8 Å². The van der Waals surface area contributed by atoms with Crippen LogP contribution in [0.5, 0.6) is 0 Å². The van der Waals surface area contributed by atoms with Crippen LogP contribution in [0.4, 0.5) is 39.5 Å². The van der Waals surface area contributed by atoms with Crippen molar-refractivity contribution in [3.63, 3.8) is 0 Å². The highest BCUT2D eigenvalue weighted by Crippen LogP contribution is 2.45. The van der Waals surface area contributed by atoms with E-state index in [1.165, 1.54) is 0 Å². The van der Waals surface area contributed by atoms with E-state index in [0.29, 0.717) is 6.07 Å². The second-order valence-electron chi connectivity index (χ2n) is 6.68. The monoisotopic (exact) mass is 422 g/mol. The first kappa shape index (κ1) is 22.3. The minimum absolute atomic E-state index is 0.345. The number of carbonyl (C=O) groups excluding carboxylic acids is 1. The van der Waals surface area contributed by atoms with Crippen LogP contribution in [-0.4, -0.2) is 29.3 Å². The number of carbonyl (C=O) groups is 1. The van der Waals surface area contributed by atoms with Gasteiger partial charge in [-0.2, -0.15) is 39.5 Å². The number of hydrogen-bond acceptors (Lipinski definition) is 2. The number of aryl methyl sites for hydroxylation is 1. The molecule has 158 valence electrons. The van der Waals surface area contributed by atoms with Gasteiger partial charge in [-0.1, -0.05) is 0 Å². The first-order valence-electron chi connectivity index (χ1n) is 8.08. The van der Waals surface area contributed by atoms with Gasteiger partial charge < -0.3 is 5.32 Å². The van der Waals surface area contributed by atoms with Crippen molar-refractivity contribution in [2.24, 2.45) is 11.8 Å². The van der Waals surface area contributed by atoms with Gasteiger partial charge in [-0.05, 0) is 38.3 Å². The Morgan fingerprint density at radius 2 is 1.43 bits per heavy atom. The standard InChI is InChI=1S/C16H15F9N2O/c1-7-11(2-3-12(26-7)16(23,24)25)13(28)27-10-5-8(14(17,18)19)4-9(6-10)15(20,21)22/h2-3,8-10H,4-6H2,1H3,(H,27,28)/t8-,9-/m1/s1. The van der Waals surface area contributed by atoms with E-state index in [9.17, 15) is 44.3 Å². The minimum atomic E-state index is -4.86. The molecule has 0 bridgehead atoms. The van der Waals surface area contributed by atoms with Crippen LogP contribution in [0.3, 0.4) is 0 Å². The normalized spacial score (nSPS) is 24.1. The largest absolute Gasteiger partial charge is 0.433 e. The van der Waals surface area contributed by atoms with Gasteiger partial charge in [-0.25, -0.2) is 4.98 Å². The molecule has 3 nitrogen and oxygen atoms in total. The van der Waals surface area contributed by atoms with Crippen LogP contribution in [0.15, 0.2) is 12.1 Å². The SMILES string of the molecule is Cc1nc(C(F)(F)F)ccc1C(=O)NC1C[C@H](C(F)(F)F)C[C@@H](C(F)(F)F)C1. The van der Waals surface area contributed by atoms with Crippen LogP contribution < -0.4 is 5.32 Å². The average Bonchev–Trinajstić information content (AvgIpc) is 2.51. The number of rotatable bonds is 2. The van der Waals surface area contributed by atoms with Crippen molar-refractivity contribution >= 4 is 5.91 Å². The fraction of sp³-hybridized carbons (Fsp3) is 0.625. The number of nitrogens with zero attached hydrogens (tertiary/aromatic N) is 1. The molecular formula is C16H15F9N2O. The maximum atomic E-state index is 13.0. The van der Waals surface area contributed by atoms with Gasteiger partial charge in [0.05, 0.1) is 23.1 Å². The summed E-state index contributed by atoms with van der Waals surface area (Å²) >= 11 is 0. The number of aromatic nitrogens is 1. The zero-order valence-corrected chi connectivity index (χ0v) is 14.3. The van der Waals surface area contributed by atoms with Gasteiger partial charge in [0.15, 0.2) is 0 Å². The highest BCUT2D eigenvalue weighted by Gasteiger charge is 2.52. The summed E-state index contributed by atoms with van der Waals surface area (Å²) in [6.07, 6.45) is -17.1. The second-order valence-corrected chi connectivity index (χ2v) is 6.68. The third-order valence-electron chi connectivity index (χ3n) is 4.59. The molecule has 1 aliphatic carbocycles. The Morgan fingerprint density at radius 3 is 1.82 bits per heavy atom. The Balaban J connectivity index is 2.20. The molecule has 0 aliphatic heterocycles. The van der Waals surface area contributed by atoms with Crippen molar-refractivity contribution in [2.75, 3.05) is 0 Å². The van der Waals surface area contributed by atoms with Crippen molar-refractivity contribution in [1.29, 1.82) is 0 Å². The second kappa shape index (κ2) is 7.43. The van der Waals surface area contributed by atoms with E-state index in [0.717, 1.165) is 13.0 Å². The number of nitrogens with one attached hydrogen (secondary N) is 1. The summed E-state index contributed by atoms with van der Waals surface area (Å²) in [4.78, 5) is 15.4. The highest BCUT2D eigenvalue weighted by atomic mass is 19.4. The van der Waals surface area contributed by atoms with E-state index in [2.05, 4.69) is 10.3 Å². The Kier molecular flexibility index (Phi) is 5.91. The maximum Gasteiger partial charge on any atom is 0.433 e. The quantitative estimate of drug-likeness (QED) is 0.678. The van der Waals surface area contributed by atoms with E-state index < -0.39 is 67.3 Å². The Bertz CT molecular complexity index is 702. The van der Waals surface area contributed by atoms with Crippen LogP contribution >= 0.6 is 0 Å². The fourth-order valence-corrected chi connectivity index (χ4v) is 3.19. The van der Waals surface area contributed by atoms with Gasteiger partial charge in [0.25, 0.3) is 5.91 Å². The zero-order chi connectivity index (χ0) is 21.5. The van der Waals surface area contributed by atoms with Crippen LogP contribution in [0.1, 0.15) is 41.0 Å². The molecule has 0 spiro atoms. The topological polar surface area (TPSA) is 42.0 Å². The molecule has 1 amide bonds. The minimum Gasteiger partial charge on any atom is -0.349 e. The van der Waals surface area contributed by atoms with Gasteiger partial charge in [0, 0.05) is 6.04 Å². The molecular weight excluding hydrogens is 407 g/mol. The molecule has 1 saturated carbocycles. The predicted molar refractivity (Wildman–Crippen MR) is 78.2 cm³/mol. The summed E-state index contributed by atoms with van der Waals surface area (Å²) < 4.78 is 116. The van der Waals surface area contributed by atoms with Crippen molar-refractivity contribution in [3.05, 3.63) is 29.1 Å². The summed E-state index contributed by atoms with van der Waals surface area (Å²) in [6.45, 7) is 1.09. The van der Waals surface area contributed by atoms with E-state index in [4.69, 9.17) is 0 Å². The van der Waals surface area contributed by atoms with Crippen molar-refractivity contribution in [3.8, 4) is 0 Å². The zero-order valence-electron chi connectivity index (χ0n) is 14.3. The van der Waals surface area contributed by atoms with Crippen molar-refractivity contribution in [2.45, 2.75) is 50.8 Å². The predicted octanol–water partition coefficient (Wildman–Crippen LogP) is 5.05. The van der Waals surface area contributed by atoms with Crippen molar-refractivity contribution < 1.29 is 44.3 Å². The molecule has 1 aromatic heterocycles. The average molecular weight is 422 g/mol. The first-order valence-corrected chi connectivity index (χ1v) is 8.08. The van der Waals surface area contributed by atoms with E-state index >= 15 is 0 Å². The summed E-state index contributed by atoms with van der Waals surface area (Å²) in [6, 6.07) is -0.132. The first-order chi connectivity index (χ1) is 12.6. The summed E-state index contributed by atoms with van der Waals surface area (Å²) in [7, 11) is 0. The Morgan fingerprint density at radius 1 is 0.929 bits per heavy atom. The molecule has 1 fully saturated rings. The molecule has 12 heteroatoms. The molecule has 0 saturated heterocycles. The van der Waals surface area contributed by atoms with Gasteiger partial charge >= 0.3 is 18.5 Å². The van der Waals surface area contributed by atoms with Crippen LogP contribution in [0.25, 0.3) is 0 Å². The lowest BCUT2D eigenvalue weighted by atomic mass is 9.77. The number of halogens is 9. The summed E-state index contributed by atoms with van der Waals surface area (Å²) in [5, 5.41) is 2.08. The van der Waals surface area contributed by atoms with E-state index in [1.807, 2.05) is 0 Å². The molecule has 2 atom stereocenters. The highest BCUT2D eigenvalue weighted by molar-refractivity contribution is 5.95. The smallest absolute Gasteiger partial charge is 0.349 e. The number of pyridine rings is 1. The Hall–Kier alpha value is -2.01. The maximum absolute atomic E-state index is 13.0. The lowest BCUT2D eigenvalue weighted by molar-refractivity contribution is -0.225. The molecule has 28 heavy (non-hydrogen) atoms. The molecule has 1 N–H and O–H groups in total. The lowest BCUT2D eigenvalue weighted by Gasteiger charge is -2.37. The molecule has 0 radical (unpaired) electrons. The molecule has 0 unspecified atom stereocenters. The molecule has 1 heterocycles. The fourth-order valence-electron chi connectivity index (χ4n) is 3.19. The van der Waals surface area contributed by atoms with Gasteiger partial charge in [-0.3, -0.25) is 4.79 Å². The van der Waals surface area contributed by atoms with Crippen molar-refractivity contribution in [1.82, 2.24) is 10.3 Å². The van der Waals surface area contributed by atoms with Gasteiger partial charge in [0.2, 0.25) is 0 Å². The third-order valence-corrected chi connectivity index (χ3v) is 4.59. The van der Waals surface area contributed by atoms with E-state index in [-0.39, 0.29) is 11.3 Å². The number of hydrogen-bond donors (Lipinski definition) is 1. The Labute approximate surface area is 153 Å². The van der Waals surface area contributed by atoms with Crippen LogP contribution in [0.2, 0.25) is 0 Å². The molecule has 1 aliphatic rings. The number of alkyl halides is 9. The summed E-state index contributed by atoms with van der Waals surface area (Å²) in [5.41, 5.74) is -1.97. The molecule has 1 aromatic rings. The lowest BCUT2D eigenvalue weighted by Crippen LogP contribution is -2.47. The third kappa shape index (κ3) is 5.28. The number of amides is 1. The molecule has 2 rings (SSSR count). The van der Waals surface area contributed by atoms with E-state index in [1.54, 1.807) is 0 Å². The van der Waals surface area contributed by atoms with Crippen LogP contribution in [-0.2, 0) is 6.18 Å². The summed E-state index contributed by atoms with van der Waals surface area (Å²) in [5.74, 6) is -5.57.